The lowest BCUT2D eigenvalue weighted by Gasteiger charge is -2.30. The summed E-state index contributed by atoms with van der Waals surface area (Å²) < 4.78 is 42.5. The normalized spacial score (nSPS) is 20.3. The predicted molar refractivity (Wildman–Crippen MR) is 111 cm³/mol. The molecule has 0 bridgehead atoms. The number of nitrogens with zero attached hydrogens (tertiary/aromatic N) is 2. The van der Waals surface area contributed by atoms with Crippen molar-refractivity contribution in [3.63, 3.8) is 0 Å². The van der Waals surface area contributed by atoms with Crippen LogP contribution in [0, 0.1) is 0 Å². The van der Waals surface area contributed by atoms with Gasteiger partial charge in [-0.3, -0.25) is 4.79 Å². The minimum Gasteiger partial charge on any atom is -0.372 e. The van der Waals surface area contributed by atoms with Gasteiger partial charge in [0.25, 0.3) is 11.5 Å². The van der Waals surface area contributed by atoms with E-state index >= 15 is 0 Å². The summed E-state index contributed by atoms with van der Waals surface area (Å²) in [7, 11) is 0. The van der Waals surface area contributed by atoms with Gasteiger partial charge in [-0.05, 0) is 48.4 Å². The van der Waals surface area contributed by atoms with Crippen LogP contribution in [0.25, 0.3) is 0 Å². The van der Waals surface area contributed by atoms with Crippen LogP contribution in [0.4, 0.5) is 13.2 Å². The molecule has 2 aromatic rings. The predicted octanol–water partition coefficient (Wildman–Crippen LogP) is 5.25. The van der Waals surface area contributed by atoms with Crippen LogP contribution in [0.2, 0.25) is 10.0 Å². The summed E-state index contributed by atoms with van der Waals surface area (Å²) >= 11 is 11.9. The van der Waals surface area contributed by atoms with Crippen LogP contribution in [0.3, 0.4) is 0 Å². The summed E-state index contributed by atoms with van der Waals surface area (Å²) in [6.45, 7) is 3.03. The highest BCUT2D eigenvalue weighted by molar-refractivity contribution is 6.34. The van der Waals surface area contributed by atoms with Gasteiger partial charge in [0.1, 0.15) is 5.84 Å². The standard InChI is InChI=1S/C21H18Cl2F3N3O2/c1-2-27-19(30)12-3-4-13-10-29(11-14(13)5-12)18-9-20(31-28-18,21(24,25)26)15-6-16(22)8-17(23)7-15/h3-8H,2,9-11H2,1H3,(H,27,30). The van der Waals surface area contributed by atoms with Crippen LogP contribution in [0.5, 0.6) is 0 Å². The third-order valence-electron chi connectivity index (χ3n) is 5.39. The number of fused-ring (bicyclic) bond motifs is 1. The zero-order valence-electron chi connectivity index (χ0n) is 16.4. The molecule has 2 aromatic carbocycles. The SMILES string of the molecule is CCNC(=O)c1ccc2c(c1)CN(C1=NOC(c3cc(Cl)cc(Cl)c3)(C(F)(F)F)C1)C2. The average Bonchev–Trinajstić information content (AvgIpc) is 3.31. The Morgan fingerprint density at radius 1 is 1.16 bits per heavy atom. The Labute approximate surface area is 186 Å². The number of hydrogen-bond donors (Lipinski definition) is 1. The van der Waals surface area contributed by atoms with Crippen LogP contribution in [0.15, 0.2) is 41.6 Å². The molecule has 4 rings (SSSR count). The summed E-state index contributed by atoms with van der Waals surface area (Å²) in [5.74, 6) is -0.0246. The Kier molecular flexibility index (Phi) is 5.55. The zero-order valence-corrected chi connectivity index (χ0v) is 17.9. The maximum absolute atomic E-state index is 14.2. The summed E-state index contributed by atoms with van der Waals surface area (Å²) in [5.41, 5.74) is -0.581. The first kappa shape index (κ1) is 21.8. The molecule has 1 unspecified atom stereocenters. The molecule has 5 nitrogen and oxygen atoms in total. The number of halogens is 5. The molecule has 0 aromatic heterocycles. The van der Waals surface area contributed by atoms with E-state index < -0.39 is 18.2 Å². The van der Waals surface area contributed by atoms with Crippen molar-refractivity contribution in [1.82, 2.24) is 10.2 Å². The number of hydrogen-bond acceptors (Lipinski definition) is 4. The second kappa shape index (κ2) is 7.91. The highest BCUT2D eigenvalue weighted by atomic mass is 35.5. The fraction of sp³-hybridized carbons (Fsp3) is 0.333. The Morgan fingerprint density at radius 3 is 2.48 bits per heavy atom. The molecule has 0 radical (unpaired) electrons. The minimum atomic E-state index is -4.75. The molecule has 1 atom stereocenters. The maximum atomic E-state index is 14.2. The van der Waals surface area contributed by atoms with Crippen molar-refractivity contribution >= 4 is 34.9 Å². The van der Waals surface area contributed by atoms with Crippen molar-refractivity contribution in [3.05, 3.63) is 68.7 Å². The Balaban J connectivity index is 1.58. The quantitative estimate of drug-likeness (QED) is 0.664. The van der Waals surface area contributed by atoms with Gasteiger partial charge >= 0.3 is 6.18 Å². The van der Waals surface area contributed by atoms with E-state index in [1.165, 1.54) is 18.2 Å². The molecule has 0 saturated carbocycles. The highest BCUT2D eigenvalue weighted by Gasteiger charge is 2.63. The van der Waals surface area contributed by atoms with Gasteiger partial charge in [-0.15, -0.1) is 0 Å². The summed E-state index contributed by atoms with van der Waals surface area (Å²) in [5, 5.41) is 6.69. The molecule has 2 aliphatic heterocycles. The largest absolute Gasteiger partial charge is 0.435 e. The van der Waals surface area contributed by atoms with E-state index in [0.717, 1.165) is 11.1 Å². The lowest BCUT2D eigenvalue weighted by molar-refractivity contribution is -0.275. The van der Waals surface area contributed by atoms with Crippen LogP contribution >= 0.6 is 23.2 Å². The van der Waals surface area contributed by atoms with Gasteiger partial charge in [-0.1, -0.05) is 34.4 Å². The minimum absolute atomic E-state index is 0.0784. The van der Waals surface area contributed by atoms with Gasteiger partial charge in [0, 0.05) is 40.8 Å². The van der Waals surface area contributed by atoms with Gasteiger partial charge in [-0.25, -0.2) is 0 Å². The lowest BCUT2D eigenvalue weighted by atomic mass is 9.89. The number of rotatable bonds is 3. The van der Waals surface area contributed by atoms with Crippen molar-refractivity contribution in [1.29, 1.82) is 0 Å². The Hall–Kier alpha value is -2.45. The third-order valence-corrected chi connectivity index (χ3v) is 5.83. The van der Waals surface area contributed by atoms with E-state index in [2.05, 4.69) is 10.5 Å². The molecule has 0 spiro atoms. The van der Waals surface area contributed by atoms with E-state index in [1.807, 2.05) is 13.0 Å². The van der Waals surface area contributed by atoms with E-state index in [1.54, 1.807) is 17.0 Å². The number of oxime groups is 1. The Morgan fingerprint density at radius 2 is 1.84 bits per heavy atom. The molecule has 0 saturated heterocycles. The number of nitrogens with one attached hydrogen (secondary N) is 1. The molecule has 2 aliphatic rings. The molecule has 1 N–H and O–H groups in total. The monoisotopic (exact) mass is 471 g/mol. The summed E-state index contributed by atoms with van der Waals surface area (Å²) in [6, 6.07) is 9.01. The number of benzene rings is 2. The molecular weight excluding hydrogens is 454 g/mol. The first-order valence-electron chi connectivity index (χ1n) is 9.56. The smallest absolute Gasteiger partial charge is 0.372 e. The van der Waals surface area contributed by atoms with E-state index in [0.29, 0.717) is 25.2 Å². The van der Waals surface area contributed by atoms with Crippen LogP contribution < -0.4 is 5.32 Å². The molecule has 0 aliphatic carbocycles. The Bertz CT molecular complexity index is 1050. The fourth-order valence-corrected chi connectivity index (χ4v) is 4.35. The molecule has 0 fully saturated rings. The topological polar surface area (TPSA) is 53.9 Å². The number of carbonyl (C=O) groups is 1. The van der Waals surface area contributed by atoms with Gasteiger partial charge < -0.3 is 15.1 Å². The van der Waals surface area contributed by atoms with E-state index in [4.69, 9.17) is 28.0 Å². The maximum Gasteiger partial charge on any atom is 0.435 e. The molecule has 31 heavy (non-hydrogen) atoms. The van der Waals surface area contributed by atoms with Crippen molar-refractivity contribution in [3.8, 4) is 0 Å². The van der Waals surface area contributed by atoms with Gasteiger partial charge in [-0.2, -0.15) is 13.2 Å². The fourth-order valence-electron chi connectivity index (χ4n) is 3.83. The van der Waals surface area contributed by atoms with Crippen LogP contribution in [0.1, 0.15) is 40.4 Å². The number of amidine groups is 1. The van der Waals surface area contributed by atoms with Gasteiger partial charge in [0.15, 0.2) is 0 Å². The van der Waals surface area contributed by atoms with E-state index in [-0.39, 0.29) is 27.4 Å². The van der Waals surface area contributed by atoms with E-state index in [9.17, 15) is 18.0 Å². The number of alkyl halides is 3. The molecule has 10 heteroatoms. The van der Waals surface area contributed by atoms with Gasteiger partial charge in [0.05, 0.1) is 6.42 Å². The van der Waals surface area contributed by atoms with Crippen molar-refractivity contribution < 1.29 is 22.8 Å². The van der Waals surface area contributed by atoms with Crippen molar-refractivity contribution in [2.24, 2.45) is 5.16 Å². The van der Waals surface area contributed by atoms with Gasteiger partial charge in [0.2, 0.25) is 0 Å². The first-order valence-corrected chi connectivity index (χ1v) is 10.3. The zero-order chi connectivity index (χ0) is 22.4. The first-order chi connectivity index (χ1) is 14.6. The van der Waals surface area contributed by atoms with Crippen LogP contribution in [-0.2, 0) is 23.5 Å². The molecule has 164 valence electrons. The summed E-state index contributed by atoms with van der Waals surface area (Å²) in [6.07, 6.45) is -5.26. The molecule has 1 amide bonds. The average molecular weight is 472 g/mol. The summed E-state index contributed by atoms with van der Waals surface area (Å²) in [4.78, 5) is 18.8. The number of amides is 1. The number of carbonyl (C=O) groups excluding carboxylic acids is 1. The van der Waals surface area contributed by atoms with Crippen molar-refractivity contribution in [2.75, 3.05) is 6.54 Å². The third kappa shape index (κ3) is 3.94. The lowest BCUT2D eigenvalue weighted by Crippen LogP contribution is -2.43. The molecule has 2 heterocycles. The van der Waals surface area contributed by atoms with Crippen LogP contribution in [-0.4, -0.2) is 29.4 Å². The van der Waals surface area contributed by atoms with Crippen molar-refractivity contribution in [2.45, 2.75) is 38.2 Å². The highest BCUT2D eigenvalue weighted by Crippen LogP contribution is 2.49. The second-order valence-electron chi connectivity index (χ2n) is 7.46. The molecular formula is C21H18Cl2F3N3O2. The second-order valence-corrected chi connectivity index (χ2v) is 8.33.